The standard InChI is InChI=1S/C39H49ClF2N2O7/c1-22-29-28(19-26(41)32(40)31(29)30-25(34(43)45)13-14-27(33(30)42)49-21-37(5,6)47)50-39(22,23-11-9-8-10-12-23)20-44(35(46)51-36(2,3)4)24-15-17-38(7,48)18-16-24/h8-11,13-14,19,22-24,47-48H,12,15-18,20-21H2,1-7H3,(H2,43,45)/t22-,23?,24?,38?,39-/m0/s1. The summed E-state index contributed by atoms with van der Waals surface area (Å²) in [4.78, 5) is 28.5. The van der Waals surface area contributed by atoms with Crippen molar-refractivity contribution in [3.63, 3.8) is 0 Å². The monoisotopic (exact) mass is 730 g/mol. The minimum absolute atomic E-state index is 0.00594. The predicted octanol–water partition coefficient (Wildman–Crippen LogP) is 7.83. The number of fused-ring (bicyclic) bond motifs is 1. The predicted molar refractivity (Wildman–Crippen MR) is 191 cm³/mol. The van der Waals surface area contributed by atoms with E-state index in [0.29, 0.717) is 37.7 Å². The number of primary amides is 1. The highest BCUT2D eigenvalue weighted by Crippen LogP contribution is 2.57. The van der Waals surface area contributed by atoms with Gasteiger partial charge in [0.1, 0.15) is 29.4 Å². The lowest BCUT2D eigenvalue weighted by Crippen LogP contribution is -2.58. The quantitative estimate of drug-likeness (QED) is 0.240. The van der Waals surface area contributed by atoms with Crippen molar-refractivity contribution in [2.75, 3.05) is 13.2 Å². The molecule has 9 nitrogen and oxygen atoms in total. The van der Waals surface area contributed by atoms with Crippen LogP contribution in [0.1, 0.15) is 102 Å². The van der Waals surface area contributed by atoms with E-state index >= 15 is 8.78 Å². The first-order chi connectivity index (χ1) is 23.6. The van der Waals surface area contributed by atoms with Gasteiger partial charge < -0.3 is 35.1 Å². The van der Waals surface area contributed by atoms with Crippen LogP contribution in [0.15, 0.2) is 42.5 Å². The van der Waals surface area contributed by atoms with Crippen molar-refractivity contribution in [1.82, 2.24) is 4.90 Å². The zero-order chi connectivity index (χ0) is 37.7. The Morgan fingerprint density at radius 1 is 1.12 bits per heavy atom. The molecular weight excluding hydrogens is 682 g/mol. The van der Waals surface area contributed by atoms with Gasteiger partial charge in [0, 0.05) is 40.6 Å². The summed E-state index contributed by atoms with van der Waals surface area (Å²) >= 11 is 6.72. The van der Waals surface area contributed by atoms with Crippen molar-refractivity contribution in [2.24, 2.45) is 11.7 Å². The van der Waals surface area contributed by atoms with Crippen LogP contribution in [0, 0.1) is 17.6 Å². The summed E-state index contributed by atoms with van der Waals surface area (Å²) in [5.41, 5.74) is 1.12. The molecule has 1 fully saturated rings. The van der Waals surface area contributed by atoms with Gasteiger partial charge in [0.15, 0.2) is 11.6 Å². The van der Waals surface area contributed by atoms with Crippen LogP contribution in [0.2, 0.25) is 5.02 Å². The number of amides is 2. The fourth-order valence-corrected chi connectivity index (χ4v) is 7.63. The third-order valence-electron chi connectivity index (χ3n) is 10.0. The Bertz CT molecular complexity index is 1740. The number of aliphatic hydroxyl groups is 2. The van der Waals surface area contributed by atoms with Crippen molar-refractivity contribution < 1.29 is 42.8 Å². The van der Waals surface area contributed by atoms with E-state index in [1.54, 1.807) is 32.6 Å². The highest BCUT2D eigenvalue weighted by Gasteiger charge is 2.55. The molecule has 1 unspecified atom stereocenters. The molecule has 5 rings (SSSR count). The molecule has 2 aromatic rings. The van der Waals surface area contributed by atoms with Crippen molar-refractivity contribution >= 4 is 23.6 Å². The molecule has 1 heterocycles. The van der Waals surface area contributed by atoms with Crippen LogP contribution >= 0.6 is 11.6 Å². The molecule has 1 saturated carbocycles. The lowest BCUT2D eigenvalue weighted by Gasteiger charge is -2.46. The smallest absolute Gasteiger partial charge is 0.410 e. The number of rotatable bonds is 9. The summed E-state index contributed by atoms with van der Waals surface area (Å²) in [5.74, 6) is -4.14. The van der Waals surface area contributed by atoms with Gasteiger partial charge in [0.05, 0.1) is 28.3 Å². The molecule has 0 radical (unpaired) electrons. The van der Waals surface area contributed by atoms with Gasteiger partial charge in [0.2, 0.25) is 5.91 Å². The maximum atomic E-state index is 16.6. The first-order valence-corrected chi connectivity index (χ1v) is 17.8. The Balaban J connectivity index is 1.70. The largest absolute Gasteiger partial charge is 0.488 e. The normalized spacial score (nSPS) is 26.0. The summed E-state index contributed by atoms with van der Waals surface area (Å²) < 4.78 is 51.0. The zero-order valence-electron chi connectivity index (χ0n) is 30.3. The van der Waals surface area contributed by atoms with Gasteiger partial charge in [-0.3, -0.25) is 4.79 Å². The lowest BCUT2D eigenvalue weighted by molar-refractivity contribution is -0.0526. The van der Waals surface area contributed by atoms with E-state index in [2.05, 4.69) is 0 Å². The van der Waals surface area contributed by atoms with Crippen molar-refractivity contribution in [1.29, 1.82) is 0 Å². The average molecular weight is 731 g/mol. The summed E-state index contributed by atoms with van der Waals surface area (Å²) in [6, 6.07) is 3.34. The van der Waals surface area contributed by atoms with E-state index in [-0.39, 0.29) is 53.3 Å². The van der Waals surface area contributed by atoms with Crippen LogP contribution < -0.4 is 15.2 Å². The molecule has 3 atom stereocenters. The maximum absolute atomic E-state index is 16.6. The van der Waals surface area contributed by atoms with Crippen LogP contribution in [0.25, 0.3) is 11.1 Å². The Labute approximate surface area is 303 Å². The minimum atomic E-state index is -1.31. The van der Waals surface area contributed by atoms with Gasteiger partial charge in [0.25, 0.3) is 0 Å². The number of allylic oxidation sites excluding steroid dienone is 3. The molecule has 4 N–H and O–H groups in total. The number of ether oxygens (including phenoxy) is 3. The van der Waals surface area contributed by atoms with Crippen LogP contribution in [0.4, 0.5) is 13.6 Å². The van der Waals surface area contributed by atoms with Crippen LogP contribution in [0.3, 0.4) is 0 Å². The molecular formula is C39H49ClF2N2O7. The number of nitrogens with two attached hydrogens (primary N) is 1. The highest BCUT2D eigenvalue weighted by molar-refractivity contribution is 6.34. The first-order valence-electron chi connectivity index (χ1n) is 17.4. The van der Waals surface area contributed by atoms with Crippen LogP contribution in [0.5, 0.6) is 11.5 Å². The second-order valence-corrected chi connectivity index (χ2v) is 16.4. The summed E-state index contributed by atoms with van der Waals surface area (Å²) in [5, 5.41) is 20.6. The molecule has 278 valence electrons. The molecule has 0 bridgehead atoms. The van der Waals surface area contributed by atoms with Crippen molar-refractivity contribution in [2.45, 2.75) is 115 Å². The molecule has 3 aliphatic rings. The Morgan fingerprint density at radius 3 is 2.35 bits per heavy atom. The van der Waals surface area contributed by atoms with Gasteiger partial charge in [-0.05, 0) is 85.8 Å². The molecule has 0 aromatic heterocycles. The molecule has 2 aliphatic carbocycles. The van der Waals surface area contributed by atoms with E-state index in [4.69, 9.17) is 31.5 Å². The number of nitrogens with zero attached hydrogens (tertiary/aromatic N) is 1. The summed E-state index contributed by atoms with van der Waals surface area (Å²) in [6.07, 6.45) is 9.66. The molecule has 2 aromatic carbocycles. The van der Waals surface area contributed by atoms with E-state index < -0.39 is 57.0 Å². The Kier molecular flexibility index (Phi) is 10.6. The SMILES string of the molecule is C[C@H]1c2c(cc(F)c(Cl)c2-c2c(C(N)=O)ccc(OCC(C)(C)O)c2F)O[C@]1(CN(C(=O)OC(C)(C)C)C1CCC(C)(O)CC1)C1C=CC=CC1. The van der Waals surface area contributed by atoms with Crippen molar-refractivity contribution in [3.8, 4) is 22.6 Å². The average Bonchev–Trinajstić information content (AvgIpc) is 3.30. The van der Waals surface area contributed by atoms with E-state index in [1.165, 1.54) is 26.0 Å². The Hall–Kier alpha value is -3.67. The van der Waals surface area contributed by atoms with E-state index in [9.17, 15) is 19.8 Å². The van der Waals surface area contributed by atoms with Gasteiger partial charge in [-0.2, -0.15) is 0 Å². The van der Waals surface area contributed by atoms with Crippen molar-refractivity contribution in [3.05, 3.63) is 70.3 Å². The van der Waals surface area contributed by atoms with E-state index in [0.717, 1.165) is 6.07 Å². The second kappa shape index (κ2) is 14.0. The first kappa shape index (κ1) is 38.6. The molecule has 12 heteroatoms. The minimum Gasteiger partial charge on any atom is -0.488 e. The van der Waals surface area contributed by atoms with Gasteiger partial charge >= 0.3 is 6.09 Å². The third-order valence-corrected chi connectivity index (χ3v) is 10.4. The summed E-state index contributed by atoms with van der Waals surface area (Å²) in [6.45, 7) is 11.7. The van der Waals surface area contributed by atoms with Gasteiger partial charge in [-0.25, -0.2) is 13.6 Å². The number of hydrogen-bond donors (Lipinski definition) is 3. The van der Waals surface area contributed by atoms with Gasteiger partial charge in [-0.1, -0.05) is 42.8 Å². The van der Waals surface area contributed by atoms with Gasteiger partial charge in [-0.15, -0.1) is 0 Å². The third kappa shape index (κ3) is 8.05. The molecule has 2 amide bonds. The Morgan fingerprint density at radius 2 is 1.78 bits per heavy atom. The van der Waals surface area contributed by atoms with Crippen LogP contribution in [-0.4, -0.2) is 68.7 Å². The van der Waals surface area contributed by atoms with E-state index in [1.807, 2.05) is 31.2 Å². The molecule has 0 saturated heterocycles. The second-order valence-electron chi connectivity index (χ2n) is 16.0. The lowest BCUT2D eigenvalue weighted by atomic mass is 9.71. The van der Waals surface area contributed by atoms with Crippen LogP contribution in [-0.2, 0) is 4.74 Å². The number of carbonyl (C=O) groups is 2. The highest BCUT2D eigenvalue weighted by atomic mass is 35.5. The fraction of sp³-hybridized carbons (Fsp3) is 0.538. The molecule has 51 heavy (non-hydrogen) atoms. The summed E-state index contributed by atoms with van der Waals surface area (Å²) in [7, 11) is 0. The number of carbonyl (C=O) groups excluding carboxylic acids is 2. The zero-order valence-corrected chi connectivity index (χ0v) is 31.1. The molecule has 0 spiro atoms. The topological polar surface area (TPSA) is 132 Å². The maximum Gasteiger partial charge on any atom is 0.410 e. The molecule has 1 aliphatic heterocycles. The number of benzene rings is 2. The fourth-order valence-electron chi connectivity index (χ4n) is 7.38. The number of halogens is 3. The number of hydrogen-bond acceptors (Lipinski definition) is 7.